The van der Waals surface area contributed by atoms with Gasteiger partial charge in [-0.05, 0) is 68.6 Å². The van der Waals surface area contributed by atoms with E-state index in [4.69, 9.17) is 9.47 Å². The first-order valence-corrected chi connectivity index (χ1v) is 13.0. The van der Waals surface area contributed by atoms with Gasteiger partial charge in [0.05, 0.1) is 13.7 Å². The third-order valence-electron chi connectivity index (χ3n) is 7.75. The fraction of sp³-hybridized carbons (Fsp3) is 0.704. The van der Waals surface area contributed by atoms with E-state index in [1.54, 1.807) is 7.11 Å². The Morgan fingerprint density at radius 3 is 2.33 bits per heavy atom. The van der Waals surface area contributed by atoms with Crippen LogP contribution >= 0.6 is 0 Å². The van der Waals surface area contributed by atoms with Crippen LogP contribution < -0.4 is 9.47 Å². The molecule has 0 radical (unpaired) electrons. The first-order valence-electron chi connectivity index (χ1n) is 13.0. The summed E-state index contributed by atoms with van der Waals surface area (Å²) < 4.78 is 11.5. The lowest BCUT2D eigenvalue weighted by Gasteiger charge is -2.48. The van der Waals surface area contributed by atoms with E-state index in [9.17, 15) is 9.59 Å². The first-order chi connectivity index (χ1) is 16.0. The van der Waals surface area contributed by atoms with Gasteiger partial charge in [-0.15, -0.1) is 0 Å². The fourth-order valence-electron chi connectivity index (χ4n) is 5.85. The fourth-order valence-corrected chi connectivity index (χ4v) is 5.85. The molecule has 1 aromatic carbocycles. The van der Waals surface area contributed by atoms with Gasteiger partial charge in [0.15, 0.2) is 11.5 Å². The molecular formula is C27H40N2O4. The highest BCUT2D eigenvalue weighted by Crippen LogP contribution is 2.40. The van der Waals surface area contributed by atoms with E-state index in [0.717, 1.165) is 63.4 Å². The van der Waals surface area contributed by atoms with Crippen molar-refractivity contribution < 1.29 is 19.1 Å². The zero-order chi connectivity index (χ0) is 23.4. The second kappa shape index (κ2) is 10.8. The summed E-state index contributed by atoms with van der Waals surface area (Å²) in [7, 11) is 1.63. The molecule has 1 heterocycles. The number of benzene rings is 1. The van der Waals surface area contributed by atoms with Crippen LogP contribution in [0.2, 0.25) is 0 Å². The van der Waals surface area contributed by atoms with Gasteiger partial charge in [0.2, 0.25) is 5.91 Å². The van der Waals surface area contributed by atoms with Gasteiger partial charge in [0.25, 0.3) is 5.91 Å². The maximum Gasteiger partial charge on any atom is 0.250 e. The van der Waals surface area contributed by atoms with Gasteiger partial charge in [0.1, 0.15) is 12.6 Å². The van der Waals surface area contributed by atoms with Crippen LogP contribution in [0.15, 0.2) is 18.2 Å². The number of nitrogens with zero attached hydrogens (tertiary/aromatic N) is 2. The summed E-state index contributed by atoms with van der Waals surface area (Å²) in [5.41, 5.74) is 0.827. The summed E-state index contributed by atoms with van der Waals surface area (Å²) in [5.74, 6) is 2.17. The molecule has 4 rings (SSSR count). The Hall–Kier alpha value is -2.24. The second-order valence-electron chi connectivity index (χ2n) is 10.1. The number of carbonyl (C=O) groups excluding carboxylic acids is 2. The Morgan fingerprint density at radius 2 is 1.67 bits per heavy atom. The van der Waals surface area contributed by atoms with E-state index in [1.807, 2.05) is 28.0 Å². The van der Waals surface area contributed by atoms with Crippen molar-refractivity contribution in [2.24, 2.45) is 5.92 Å². The maximum atomic E-state index is 14.0. The monoisotopic (exact) mass is 456 g/mol. The van der Waals surface area contributed by atoms with Gasteiger partial charge in [0, 0.05) is 12.1 Å². The van der Waals surface area contributed by atoms with Gasteiger partial charge in [-0.3, -0.25) is 9.59 Å². The molecule has 6 heteroatoms. The Bertz CT molecular complexity index is 827. The Morgan fingerprint density at radius 1 is 0.939 bits per heavy atom. The molecule has 6 nitrogen and oxygen atoms in total. The molecule has 3 aliphatic rings. The number of hydrogen-bond donors (Lipinski definition) is 0. The van der Waals surface area contributed by atoms with Crippen LogP contribution in [0.25, 0.3) is 0 Å². The van der Waals surface area contributed by atoms with Crippen molar-refractivity contribution in [3.8, 4) is 11.5 Å². The third-order valence-corrected chi connectivity index (χ3v) is 7.75. The van der Waals surface area contributed by atoms with Crippen LogP contribution in [-0.2, 0) is 9.59 Å². The Balaban J connectivity index is 1.67. The summed E-state index contributed by atoms with van der Waals surface area (Å²) in [5, 5.41) is 0. The molecule has 182 valence electrons. The van der Waals surface area contributed by atoms with Crippen LogP contribution in [0.5, 0.6) is 11.5 Å². The van der Waals surface area contributed by atoms with Gasteiger partial charge in [-0.2, -0.15) is 0 Å². The van der Waals surface area contributed by atoms with E-state index in [2.05, 4.69) is 13.8 Å². The zero-order valence-corrected chi connectivity index (χ0v) is 20.6. The largest absolute Gasteiger partial charge is 0.493 e. The highest BCUT2D eigenvalue weighted by Gasteiger charge is 2.46. The van der Waals surface area contributed by atoms with Crippen molar-refractivity contribution in [3.05, 3.63) is 23.8 Å². The molecule has 3 fully saturated rings. The molecule has 0 spiro atoms. The van der Waals surface area contributed by atoms with Crippen molar-refractivity contribution in [2.75, 3.05) is 20.3 Å². The second-order valence-corrected chi connectivity index (χ2v) is 10.1. The van der Waals surface area contributed by atoms with Gasteiger partial charge in [-0.25, -0.2) is 0 Å². The minimum absolute atomic E-state index is 0.0732. The van der Waals surface area contributed by atoms with E-state index in [-0.39, 0.29) is 30.4 Å². The predicted molar refractivity (Wildman–Crippen MR) is 128 cm³/mol. The van der Waals surface area contributed by atoms with Gasteiger partial charge < -0.3 is 19.3 Å². The average Bonchev–Trinajstić information content (AvgIpc) is 2.84. The minimum atomic E-state index is -0.581. The van der Waals surface area contributed by atoms with Crippen molar-refractivity contribution in [1.82, 2.24) is 9.80 Å². The van der Waals surface area contributed by atoms with E-state index in [1.165, 1.54) is 6.42 Å². The summed E-state index contributed by atoms with van der Waals surface area (Å²) in [6.07, 6.45) is 10.5. The van der Waals surface area contributed by atoms with E-state index < -0.39 is 6.04 Å². The minimum Gasteiger partial charge on any atom is -0.493 e. The Labute approximate surface area is 198 Å². The molecule has 0 bridgehead atoms. The van der Waals surface area contributed by atoms with Crippen LogP contribution in [0.1, 0.15) is 89.7 Å². The van der Waals surface area contributed by atoms with Crippen molar-refractivity contribution in [1.29, 1.82) is 0 Å². The molecule has 1 aliphatic heterocycles. The lowest BCUT2D eigenvalue weighted by molar-refractivity contribution is -0.162. The van der Waals surface area contributed by atoms with Crippen LogP contribution in [-0.4, -0.2) is 54.0 Å². The number of rotatable bonds is 7. The van der Waals surface area contributed by atoms with Crippen molar-refractivity contribution >= 4 is 11.8 Å². The molecule has 0 N–H and O–H groups in total. The quantitative estimate of drug-likeness (QED) is 0.572. The molecule has 2 aliphatic carbocycles. The van der Waals surface area contributed by atoms with E-state index >= 15 is 0 Å². The molecule has 1 aromatic rings. The number of hydrogen-bond acceptors (Lipinski definition) is 4. The predicted octanol–water partition coefficient (Wildman–Crippen LogP) is 5.11. The number of ether oxygens (including phenoxy) is 2. The highest BCUT2D eigenvalue weighted by molar-refractivity contribution is 5.96. The third kappa shape index (κ3) is 5.15. The highest BCUT2D eigenvalue weighted by atomic mass is 16.5. The first kappa shape index (κ1) is 23.9. The number of carbonyl (C=O) groups is 2. The number of piperazine rings is 1. The molecule has 33 heavy (non-hydrogen) atoms. The molecule has 1 saturated heterocycles. The van der Waals surface area contributed by atoms with Gasteiger partial charge >= 0.3 is 0 Å². The van der Waals surface area contributed by atoms with Crippen molar-refractivity contribution in [2.45, 2.75) is 96.2 Å². The summed E-state index contributed by atoms with van der Waals surface area (Å²) in [6, 6.07) is 5.47. The van der Waals surface area contributed by atoms with Crippen molar-refractivity contribution in [3.63, 3.8) is 0 Å². The summed E-state index contributed by atoms with van der Waals surface area (Å²) in [4.78, 5) is 31.4. The summed E-state index contributed by atoms with van der Waals surface area (Å²) in [6.45, 7) is 5.18. The molecule has 2 amide bonds. The average molecular weight is 457 g/mol. The SMILES string of the molecule is CCCOc1ccc(C2C(=O)N(C3CCC(C)CC3)CC(=O)N2C2CCCCC2)cc1OC. The van der Waals surface area contributed by atoms with Crippen LogP contribution in [0.3, 0.4) is 0 Å². The Kier molecular flexibility index (Phi) is 7.82. The zero-order valence-electron chi connectivity index (χ0n) is 20.6. The maximum absolute atomic E-state index is 14.0. The number of methoxy groups -OCH3 is 1. The van der Waals surface area contributed by atoms with E-state index in [0.29, 0.717) is 24.0 Å². The molecule has 2 saturated carbocycles. The van der Waals surface area contributed by atoms with Crippen LogP contribution in [0.4, 0.5) is 0 Å². The molecule has 1 atom stereocenters. The van der Waals surface area contributed by atoms with Gasteiger partial charge in [-0.1, -0.05) is 39.2 Å². The lowest BCUT2D eigenvalue weighted by Crippen LogP contribution is -2.61. The molecule has 0 aromatic heterocycles. The normalized spacial score (nSPS) is 27.1. The number of amides is 2. The smallest absolute Gasteiger partial charge is 0.250 e. The van der Waals surface area contributed by atoms with Crippen LogP contribution in [0, 0.1) is 5.92 Å². The summed E-state index contributed by atoms with van der Waals surface area (Å²) >= 11 is 0. The topological polar surface area (TPSA) is 59.1 Å². The lowest BCUT2D eigenvalue weighted by atomic mass is 9.85. The molecular weight excluding hydrogens is 416 g/mol. The standard InChI is InChI=1S/C27H40N2O4/c1-4-16-33-23-15-12-20(17-24(23)32-3)26-27(31)28(21-13-10-19(2)11-14-21)18-25(30)29(26)22-8-6-5-7-9-22/h12,15,17,19,21-22,26H,4-11,13-14,16,18H2,1-3H3. The molecule has 1 unspecified atom stereocenters.